The molecule has 3 nitrogen and oxygen atoms in total. The lowest BCUT2D eigenvalue weighted by molar-refractivity contribution is 0.111. The molecule has 0 N–H and O–H groups in total. The lowest BCUT2D eigenvalue weighted by atomic mass is 10.3. The summed E-state index contributed by atoms with van der Waals surface area (Å²) in [6.45, 7) is 0. The minimum atomic E-state index is 0.392. The van der Waals surface area contributed by atoms with Gasteiger partial charge in [-0.2, -0.15) is 0 Å². The van der Waals surface area contributed by atoms with Crippen molar-refractivity contribution in [1.29, 1.82) is 0 Å². The highest BCUT2D eigenvalue weighted by atomic mass is 79.9. The molecule has 0 unspecified atom stereocenters. The third-order valence-electron chi connectivity index (χ3n) is 1.84. The fraction of sp³-hybridized carbons (Fsp3) is 0. The quantitative estimate of drug-likeness (QED) is 0.768. The highest BCUT2D eigenvalue weighted by molar-refractivity contribution is 9.10. The van der Waals surface area contributed by atoms with E-state index in [2.05, 4.69) is 20.9 Å². The number of nitrogens with zero attached hydrogens (tertiary/aromatic N) is 2. The van der Waals surface area contributed by atoms with Crippen LogP contribution in [0.25, 0.3) is 5.69 Å². The number of para-hydroxylation sites is 1. The molecule has 4 heteroatoms. The second-order valence-corrected chi connectivity index (χ2v) is 3.56. The van der Waals surface area contributed by atoms with E-state index in [0.717, 1.165) is 12.0 Å². The first-order chi connectivity index (χ1) is 6.81. The molecule has 0 fully saturated rings. The van der Waals surface area contributed by atoms with Crippen LogP contribution in [-0.4, -0.2) is 15.8 Å². The molecule has 1 aromatic carbocycles. The van der Waals surface area contributed by atoms with Gasteiger partial charge >= 0.3 is 0 Å². The van der Waals surface area contributed by atoms with Gasteiger partial charge in [0.05, 0.1) is 0 Å². The van der Waals surface area contributed by atoms with E-state index in [1.165, 1.54) is 0 Å². The van der Waals surface area contributed by atoms with Gasteiger partial charge in [-0.25, -0.2) is 4.98 Å². The van der Waals surface area contributed by atoms with Crippen molar-refractivity contribution >= 4 is 22.2 Å². The Morgan fingerprint density at radius 2 is 2.00 bits per heavy atom. The number of hydrogen-bond acceptors (Lipinski definition) is 2. The fourth-order valence-corrected chi connectivity index (χ4v) is 1.63. The highest BCUT2D eigenvalue weighted by Crippen LogP contribution is 2.14. The summed E-state index contributed by atoms with van der Waals surface area (Å²) in [5, 5.41) is 0. The van der Waals surface area contributed by atoms with Gasteiger partial charge in [0.2, 0.25) is 0 Å². The number of carbonyl (C=O) groups is 1. The number of aromatic nitrogens is 2. The molecule has 14 heavy (non-hydrogen) atoms. The molecule has 0 saturated heterocycles. The van der Waals surface area contributed by atoms with Gasteiger partial charge in [-0.15, -0.1) is 0 Å². The van der Waals surface area contributed by atoms with Crippen molar-refractivity contribution in [3.63, 3.8) is 0 Å². The number of imidazole rings is 1. The Kier molecular flexibility index (Phi) is 2.45. The minimum absolute atomic E-state index is 0.392. The maximum atomic E-state index is 10.7. The van der Waals surface area contributed by atoms with E-state index in [4.69, 9.17) is 0 Å². The minimum Gasteiger partial charge on any atom is -0.296 e. The molecule has 0 aliphatic carbocycles. The van der Waals surface area contributed by atoms with Gasteiger partial charge in [0.15, 0.2) is 12.1 Å². The van der Waals surface area contributed by atoms with Gasteiger partial charge in [0.1, 0.15) is 4.60 Å². The van der Waals surface area contributed by atoms with E-state index in [-0.39, 0.29) is 0 Å². The molecule has 0 atom stereocenters. The molecule has 0 aliphatic heterocycles. The standard InChI is InChI=1S/C10H7BrN2O/c11-9-6-13(10(7-14)12-9)8-4-2-1-3-5-8/h1-7H. The van der Waals surface area contributed by atoms with Crippen LogP contribution in [0, 0.1) is 0 Å². The summed E-state index contributed by atoms with van der Waals surface area (Å²) >= 11 is 3.23. The van der Waals surface area contributed by atoms with Crippen LogP contribution in [0.1, 0.15) is 10.6 Å². The molecule has 0 aliphatic rings. The third-order valence-corrected chi connectivity index (χ3v) is 2.23. The van der Waals surface area contributed by atoms with Crippen LogP contribution in [0.4, 0.5) is 0 Å². The van der Waals surface area contributed by atoms with E-state index < -0.39 is 0 Å². The monoisotopic (exact) mass is 250 g/mol. The van der Waals surface area contributed by atoms with Gasteiger partial charge in [0.25, 0.3) is 0 Å². The number of rotatable bonds is 2. The first kappa shape index (κ1) is 9.15. The van der Waals surface area contributed by atoms with Crippen LogP contribution in [0.2, 0.25) is 0 Å². The van der Waals surface area contributed by atoms with Crippen molar-refractivity contribution in [2.45, 2.75) is 0 Å². The second kappa shape index (κ2) is 3.75. The Balaban J connectivity index is 2.56. The van der Waals surface area contributed by atoms with Gasteiger partial charge in [-0.1, -0.05) is 18.2 Å². The largest absolute Gasteiger partial charge is 0.296 e. The number of hydrogen-bond donors (Lipinski definition) is 0. The van der Waals surface area contributed by atoms with Crippen molar-refractivity contribution in [2.75, 3.05) is 0 Å². The molecule has 1 heterocycles. The summed E-state index contributed by atoms with van der Waals surface area (Å²) in [6.07, 6.45) is 2.50. The lowest BCUT2D eigenvalue weighted by Crippen LogP contribution is -1.97. The zero-order chi connectivity index (χ0) is 9.97. The second-order valence-electron chi connectivity index (χ2n) is 2.75. The smallest absolute Gasteiger partial charge is 0.185 e. The molecule has 1 aromatic heterocycles. The summed E-state index contributed by atoms with van der Waals surface area (Å²) in [5.41, 5.74) is 0.924. The van der Waals surface area contributed by atoms with E-state index in [9.17, 15) is 4.79 Å². The van der Waals surface area contributed by atoms with Gasteiger partial charge in [-0.05, 0) is 28.1 Å². The maximum Gasteiger partial charge on any atom is 0.185 e. The Morgan fingerprint density at radius 1 is 1.29 bits per heavy atom. The van der Waals surface area contributed by atoms with Crippen LogP contribution in [0.3, 0.4) is 0 Å². The van der Waals surface area contributed by atoms with Gasteiger partial charge < -0.3 is 0 Å². The summed E-state index contributed by atoms with van der Waals surface area (Å²) < 4.78 is 2.39. The molecule has 0 saturated carbocycles. The molecular formula is C10H7BrN2O. The zero-order valence-electron chi connectivity index (χ0n) is 7.22. The van der Waals surface area contributed by atoms with Crippen molar-refractivity contribution in [2.24, 2.45) is 0 Å². The van der Waals surface area contributed by atoms with Crippen molar-refractivity contribution in [3.8, 4) is 5.69 Å². The average Bonchev–Trinajstić information content (AvgIpc) is 2.61. The van der Waals surface area contributed by atoms with Crippen LogP contribution < -0.4 is 0 Å². The summed E-state index contributed by atoms with van der Waals surface area (Å²) in [6, 6.07) is 9.59. The lowest BCUT2D eigenvalue weighted by Gasteiger charge is -2.01. The first-order valence-electron chi connectivity index (χ1n) is 4.07. The van der Waals surface area contributed by atoms with Gasteiger partial charge in [0, 0.05) is 11.9 Å². The van der Waals surface area contributed by atoms with Crippen LogP contribution in [0.15, 0.2) is 41.1 Å². The Hall–Kier alpha value is -1.42. The Bertz CT molecular complexity index is 450. The zero-order valence-corrected chi connectivity index (χ0v) is 8.81. The summed E-state index contributed by atoms with van der Waals surface area (Å²) in [5.74, 6) is 0.392. The number of aldehydes is 1. The fourth-order valence-electron chi connectivity index (χ4n) is 1.24. The predicted molar refractivity (Wildman–Crippen MR) is 56.7 cm³/mol. The maximum absolute atomic E-state index is 10.7. The first-order valence-corrected chi connectivity index (χ1v) is 4.86. The van der Waals surface area contributed by atoms with Crippen molar-refractivity contribution in [3.05, 3.63) is 47.0 Å². The Morgan fingerprint density at radius 3 is 2.64 bits per heavy atom. The average molecular weight is 251 g/mol. The Labute approximate surface area is 89.5 Å². The molecule has 2 rings (SSSR count). The SMILES string of the molecule is O=Cc1nc(Br)cn1-c1ccccc1. The number of benzene rings is 1. The topological polar surface area (TPSA) is 34.9 Å². The molecule has 0 bridgehead atoms. The van der Waals surface area contributed by atoms with Crippen molar-refractivity contribution in [1.82, 2.24) is 9.55 Å². The van der Waals surface area contributed by atoms with Crippen LogP contribution in [-0.2, 0) is 0 Å². The van der Waals surface area contributed by atoms with E-state index in [0.29, 0.717) is 10.4 Å². The number of carbonyl (C=O) groups excluding carboxylic acids is 1. The van der Waals surface area contributed by atoms with E-state index >= 15 is 0 Å². The predicted octanol–water partition coefficient (Wildman–Crippen LogP) is 2.45. The molecular weight excluding hydrogens is 244 g/mol. The third kappa shape index (κ3) is 1.61. The van der Waals surface area contributed by atoms with Gasteiger partial charge in [-0.3, -0.25) is 9.36 Å². The van der Waals surface area contributed by atoms with E-state index in [1.807, 2.05) is 30.3 Å². The molecule has 0 radical (unpaired) electrons. The van der Waals surface area contributed by atoms with Crippen LogP contribution >= 0.6 is 15.9 Å². The highest BCUT2D eigenvalue weighted by Gasteiger charge is 2.05. The molecule has 0 spiro atoms. The van der Waals surface area contributed by atoms with E-state index in [1.54, 1.807) is 10.8 Å². The molecule has 0 amide bonds. The molecule has 70 valence electrons. The van der Waals surface area contributed by atoms with Crippen LogP contribution in [0.5, 0.6) is 0 Å². The summed E-state index contributed by atoms with van der Waals surface area (Å²) in [7, 11) is 0. The number of halogens is 1. The normalized spacial score (nSPS) is 10.1. The summed E-state index contributed by atoms with van der Waals surface area (Å²) in [4.78, 5) is 14.7. The molecule has 2 aromatic rings. The van der Waals surface area contributed by atoms with Crippen molar-refractivity contribution < 1.29 is 4.79 Å².